The van der Waals surface area contributed by atoms with Gasteiger partial charge in [-0.05, 0) is 25.3 Å². The molecule has 2 heterocycles. The summed E-state index contributed by atoms with van der Waals surface area (Å²) in [5.41, 5.74) is 10.2. The Kier molecular flexibility index (Phi) is 3.25. The minimum atomic E-state index is 0.380. The summed E-state index contributed by atoms with van der Waals surface area (Å²) < 4.78 is 10.6. The molecule has 0 unspecified atom stereocenters. The van der Waals surface area contributed by atoms with Crippen molar-refractivity contribution in [2.75, 3.05) is 18.9 Å². The molecule has 0 saturated carbocycles. The molecule has 1 saturated heterocycles. The van der Waals surface area contributed by atoms with Crippen LogP contribution in [-0.2, 0) is 4.74 Å². The predicted molar refractivity (Wildman–Crippen MR) is 73.9 cm³/mol. The molecule has 0 amide bonds. The molecule has 1 aromatic carbocycles. The highest BCUT2D eigenvalue weighted by atomic mass is 16.5. The van der Waals surface area contributed by atoms with Crippen LogP contribution in [-0.4, -0.2) is 18.4 Å². The molecule has 4 heteroatoms. The Hall–Kier alpha value is -1.81. The number of nitrogens with two attached hydrogens (primary N) is 1. The molecule has 19 heavy (non-hydrogen) atoms. The smallest absolute Gasteiger partial charge is 0.230 e. The van der Waals surface area contributed by atoms with E-state index in [0.717, 1.165) is 42.9 Å². The van der Waals surface area contributed by atoms with Gasteiger partial charge in [-0.1, -0.05) is 35.0 Å². The summed E-state index contributed by atoms with van der Waals surface area (Å²) in [5.74, 6) is 0.789. The van der Waals surface area contributed by atoms with E-state index in [1.807, 2.05) is 6.07 Å². The van der Waals surface area contributed by atoms with Crippen molar-refractivity contribution in [1.82, 2.24) is 5.16 Å². The van der Waals surface area contributed by atoms with Crippen LogP contribution in [0, 0.1) is 6.92 Å². The van der Waals surface area contributed by atoms with Gasteiger partial charge in [-0.25, -0.2) is 0 Å². The number of nitrogen functional groups attached to an aromatic ring is 1. The molecule has 1 aromatic heterocycles. The third-order valence-electron chi connectivity index (χ3n) is 3.66. The van der Waals surface area contributed by atoms with E-state index in [1.54, 1.807) is 0 Å². The second-order valence-corrected chi connectivity index (χ2v) is 5.06. The van der Waals surface area contributed by atoms with Gasteiger partial charge in [0.05, 0.1) is 11.3 Å². The molecule has 1 fully saturated rings. The number of benzene rings is 1. The van der Waals surface area contributed by atoms with Crippen molar-refractivity contribution in [3.8, 4) is 11.1 Å². The van der Waals surface area contributed by atoms with E-state index >= 15 is 0 Å². The van der Waals surface area contributed by atoms with Gasteiger partial charge in [0.1, 0.15) is 0 Å². The lowest BCUT2D eigenvalue weighted by atomic mass is 9.91. The van der Waals surface area contributed by atoms with Crippen LogP contribution < -0.4 is 5.73 Å². The van der Waals surface area contributed by atoms with Crippen molar-refractivity contribution < 1.29 is 9.26 Å². The summed E-state index contributed by atoms with van der Waals surface area (Å²) in [7, 11) is 0. The van der Waals surface area contributed by atoms with Crippen molar-refractivity contribution in [3.05, 3.63) is 35.5 Å². The SMILES string of the molecule is Cc1cccc(-c2c(C3CCOCC3)noc2N)c1. The highest BCUT2D eigenvalue weighted by Crippen LogP contribution is 2.37. The third-order valence-corrected chi connectivity index (χ3v) is 3.66. The maximum Gasteiger partial charge on any atom is 0.230 e. The van der Waals surface area contributed by atoms with Gasteiger partial charge < -0.3 is 15.0 Å². The van der Waals surface area contributed by atoms with Crippen molar-refractivity contribution in [1.29, 1.82) is 0 Å². The van der Waals surface area contributed by atoms with Crippen LogP contribution in [0.2, 0.25) is 0 Å². The Morgan fingerprint density at radius 2 is 2.05 bits per heavy atom. The van der Waals surface area contributed by atoms with Gasteiger partial charge in [-0.3, -0.25) is 0 Å². The fraction of sp³-hybridized carbons (Fsp3) is 0.400. The zero-order valence-electron chi connectivity index (χ0n) is 11.1. The summed E-state index contributed by atoms with van der Waals surface area (Å²) in [6, 6.07) is 8.27. The molecule has 3 rings (SSSR count). The first-order valence-electron chi connectivity index (χ1n) is 6.65. The number of rotatable bonds is 2. The Balaban J connectivity index is 2.03. The summed E-state index contributed by atoms with van der Waals surface area (Å²) in [6.45, 7) is 3.64. The van der Waals surface area contributed by atoms with Gasteiger partial charge >= 0.3 is 0 Å². The number of ether oxygens (including phenoxy) is 1. The summed E-state index contributed by atoms with van der Waals surface area (Å²) in [6.07, 6.45) is 1.95. The van der Waals surface area contributed by atoms with E-state index in [-0.39, 0.29) is 0 Å². The molecule has 0 bridgehead atoms. The van der Waals surface area contributed by atoms with E-state index in [0.29, 0.717) is 11.8 Å². The van der Waals surface area contributed by atoms with Gasteiger partial charge in [-0.2, -0.15) is 0 Å². The molecule has 2 N–H and O–H groups in total. The molecule has 100 valence electrons. The van der Waals surface area contributed by atoms with Crippen LogP contribution in [0.4, 0.5) is 5.88 Å². The molecule has 4 nitrogen and oxygen atoms in total. The van der Waals surface area contributed by atoms with Gasteiger partial charge in [-0.15, -0.1) is 0 Å². The minimum absolute atomic E-state index is 0.380. The topological polar surface area (TPSA) is 61.3 Å². The Morgan fingerprint density at radius 1 is 1.26 bits per heavy atom. The lowest BCUT2D eigenvalue weighted by molar-refractivity contribution is 0.0839. The molecule has 0 spiro atoms. The van der Waals surface area contributed by atoms with E-state index in [2.05, 4.69) is 30.3 Å². The van der Waals surface area contributed by atoms with Crippen LogP contribution in [0.5, 0.6) is 0 Å². The fourth-order valence-electron chi connectivity index (χ4n) is 2.66. The summed E-state index contributed by atoms with van der Waals surface area (Å²) in [4.78, 5) is 0. The van der Waals surface area contributed by atoms with Crippen molar-refractivity contribution in [3.63, 3.8) is 0 Å². The molecule has 1 aliphatic heterocycles. The first kappa shape index (κ1) is 12.2. The molecule has 1 aliphatic rings. The maximum atomic E-state index is 5.97. The second kappa shape index (κ2) is 5.05. The van der Waals surface area contributed by atoms with Gasteiger partial charge in [0.2, 0.25) is 5.88 Å². The number of hydrogen-bond acceptors (Lipinski definition) is 4. The number of hydrogen-bond donors (Lipinski definition) is 1. The van der Waals surface area contributed by atoms with Crippen molar-refractivity contribution in [2.24, 2.45) is 0 Å². The Morgan fingerprint density at radius 3 is 2.79 bits per heavy atom. The lowest BCUT2D eigenvalue weighted by Crippen LogP contribution is -2.15. The molecule has 2 aromatic rings. The van der Waals surface area contributed by atoms with Gasteiger partial charge in [0.15, 0.2) is 0 Å². The average Bonchev–Trinajstić information content (AvgIpc) is 2.82. The van der Waals surface area contributed by atoms with E-state index in [4.69, 9.17) is 15.0 Å². The molecule has 0 aliphatic carbocycles. The summed E-state index contributed by atoms with van der Waals surface area (Å²) >= 11 is 0. The third kappa shape index (κ3) is 2.36. The molecular weight excluding hydrogens is 240 g/mol. The number of aromatic nitrogens is 1. The van der Waals surface area contributed by atoms with Crippen molar-refractivity contribution >= 4 is 5.88 Å². The first-order valence-corrected chi connectivity index (χ1v) is 6.65. The van der Waals surface area contributed by atoms with E-state index in [9.17, 15) is 0 Å². The van der Waals surface area contributed by atoms with Crippen LogP contribution in [0.15, 0.2) is 28.8 Å². The fourth-order valence-corrected chi connectivity index (χ4v) is 2.66. The zero-order chi connectivity index (χ0) is 13.2. The normalized spacial score (nSPS) is 16.7. The average molecular weight is 258 g/mol. The summed E-state index contributed by atoms with van der Waals surface area (Å²) in [5, 5.41) is 4.19. The lowest BCUT2D eigenvalue weighted by Gasteiger charge is -2.20. The minimum Gasteiger partial charge on any atom is -0.381 e. The number of anilines is 1. The molecule has 0 atom stereocenters. The zero-order valence-corrected chi connectivity index (χ0v) is 11.1. The molecular formula is C15H18N2O2. The number of aryl methyl sites for hydroxylation is 1. The van der Waals surface area contributed by atoms with Crippen LogP contribution in [0.3, 0.4) is 0 Å². The van der Waals surface area contributed by atoms with Gasteiger partial charge in [0.25, 0.3) is 0 Å². The van der Waals surface area contributed by atoms with Gasteiger partial charge in [0, 0.05) is 19.1 Å². The van der Waals surface area contributed by atoms with Crippen LogP contribution in [0.25, 0.3) is 11.1 Å². The highest BCUT2D eigenvalue weighted by Gasteiger charge is 2.25. The second-order valence-electron chi connectivity index (χ2n) is 5.06. The number of nitrogens with zero attached hydrogens (tertiary/aromatic N) is 1. The Bertz CT molecular complexity index is 571. The highest BCUT2D eigenvalue weighted by molar-refractivity contribution is 5.76. The predicted octanol–water partition coefficient (Wildman–Crippen LogP) is 3.13. The van der Waals surface area contributed by atoms with Crippen LogP contribution in [0.1, 0.15) is 30.0 Å². The monoisotopic (exact) mass is 258 g/mol. The van der Waals surface area contributed by atoms with E-state index < -0.39 is 0 Å². The first-order chi connectivity index (χ1) is 9.25. The standard InChI is InChI=1S/C15H18N2O2/c1-10-3-2-4-12(9-10)13-14(17-19-15(13)16)11-5-7-18-8-6-11/h2-4,9,11H,5-8,16H2,1H3. The van der Waals surface area contributed by atoms with Crippen molar-refractivity contribution in [2.45, 2.75) is 25.7 Å². The molecule has 0 radical (unpaired) electrons. The maximum absolute atomic E-state index is 5.97. The largest absolute Gasteiger partial charge is 0.381 e. The Labute approximate surface area is 112 Å². The van der Waals surface area contributed by atoms with E-state index in [1.165, 1.54) is 5.56 Å². The quantitative estimate of drug-likeness (QED) is 0.899. The van der Waals surface area contributed by atoms with Crippen LogP contribution >= 0.6 is 0 Å².